The van der Waals surface area contributed by atoms with E-state index in [2.05, 4.69) is 24.4 Å². The molecule has 1 aromatic carbocycles. The van der Waals surface area contributed by atoms with Gasteiger partial charge in [0.1, 0.15) is 0 Å². The van der Waals surface area contributed by atoms with Crippen LogP contribution in [0.5, 0.6) is 11.5 Å². The van der Waals surface area contributed by atoms with E-state index < -0.39 is 0 Å². The van der Waals surface area contributed by atoms with E-state index in [0.29, 0.717) is 12.6 Å². The molecule has 1 N–H and O–H groups in total. The van der Waals surface area contributed by atoms with Crippen molar-refractivity contribution in [3.05, 3.63) is 23.8 Å². The largest absolute Gasteiger partial charge is 0.493 e. The standard InChI is InChI=1S/C18H29NO2/c1-4-15-8-6-7-9-16(15)19-13-14-10-11-17(20-3)18(12-14)21-5-2/h10-12,15-16,19H,4-9,13H2,1-3H3. The summed E-state index contributed by atoms with van der Waals surface area (Å²) in [6.07, 6.45) is 6.73. The van der Waals surface area contributed by atoms with Crippen molar-refractivity contribution in [3.8, 4) is 11.5 Å². The molecule has 0 aliphatic heterocycles. The van der Waals surface area contributed by atoms with Crippen LogP contribution in [0.1, 0.15) is 51.5 Å². The first-order valence-electron chi connectivity index (χ1n) is 8.31. The van der Waals surface area contributed by atoms with E-state index in [0.717, 1.165) is 24.0 Å². The van der Waals surface area contributed by atoms with Gasteiger partial charge in [-0.2, -0.15) is 0 Å². The Bertz CT molecular complexity index is 433. The Morgan fingerprint density at radius 1 is 1.14 bits per heavy atom. The Morgan fingerprint density at radius 3 is 2.67 bits per heavy atom. The summed E-state index contributed by atoms with van der Waals surface area (Å²) in [6.45, 7) is 5.88. The molecule has 1 saturated carbocycles. The fourth-order valence-electron chi connectivity index (χ4n) is 3.31. The minimum Gasteiger partial charge on any atom is -0.493 e. The van der Waals surface area contributed by atoms with E-state index in [-0.39, 0.29) is 0 Å². The normalized spacial score (nSPS) is 22.0. The van der Waals surface area contributed by atoms with Gasteiger partial charge in [0, 0.05) is 12.6 Å². The fraction of sp³-hybridized carbons (Fsp3) is 0.667. The highest BCUT2D eigenvalue weighted by Crippen LogP contribution is 2.29. The molecule has 0 spiro atoms. The molecule has 2 rings (SSSR count). The second kappa shape index (κ2) is 8.28. The van der Waals surface area contributed by atoms with Crippen molar-refractivity contribution in [2.75, 3.05) is 13.7 Å². The Morgan fingerprint density at radius 2 is 1.95 bits per heavy atom. The van der Waals surface area contributed by atoms with Gasteiger partial charge >= 0.3 is 0 Å². The number of benzene rings is 1. The van der Waals surface area contributed by atoms with Crippen molar-refractivity contribution in [1.82, 2.24) is 5.32 Å². The molecule has 1 aromatic rings. The first-order valence-corrected chi connectivity index (χ1v) is 8.31. The summed E-state index contributed by atoms with van der Waals surface area (Å²) in [5.74, 6) is 2.49. The third kappa shape index (κ3) is 4.37. The van der Waals surface area contributed by atoms with Gasteiger partial charge in [-0.15, -0.1) is 0 Å². The monoisotopic (exact) mass is 291 g/mol. The second-order valence-electron chi connectivity index (χ2n) is 5.86. The van der Waals surface area contributed by atoms with Gasteiger partial charge < -0.3 is 14.8 Å². The van der Waals surface area contributed by atoms with Gasteiger partial charge in [0.15, 0.2) is 11.5 Å². The lowest BCUT2D eigenvalue weighted by Crippen LogP contribution is -2.37. The summed E-state index contributed by atoms with van der Waals surface area (Å²) >= 11 is 0. The molecule has 1 aliphatic rings. The van der Waals surface area contributed by atoms with E-state index >= 15 is 0 Å². The van der Waals surface area contributed by atoms with Crippen LogP contribution in [0.2, 0.25) is 0 Å². The highest BCUT2D eigenvalue weighted by molar-refractivity contribution is 5.42. The van der Waals surface area contributed by atoms with Crippen molar-refractivity contribution >= 4 is 0 Å². The van der Waals surface area contributed by atoms with Crippen molar-refractivity contribution in [3.63, 3.8) is 0 Å². The number of rotatable bonds is 7. The topological polar surface area (TPSA) is 30.5 Å². The predicted molar refractivity (Wildman–Crippen MR) is 87.0 cm³/mol. The van der Waals surface area contributed by atoms with Gasteiger partial charge in [0.25, 0.3) is 0 Å². The first-order chi connectivity index (χ1) is 10.3. The van der Waals surface area contributed by atoms with E-state index in [1.165, 1.54) is 37.7 Å². The summed E-state index contributed by atoms with van der Waals surface area (Å²) in [5.41, 5.74) is 1.26. The van der Waals surface area contributed by atoms with E-state index in [4.69, 9.17) is 9.47 Å². The van der Waals surface area contributed by atoms with Gasteiger partial charge in [-0.1, -0.05) is 32.3 Å². The number of hydrogen-bond acceptors (Lipinski definition) is 3. The maximum Gasteiger partial charge on any atom is 0.161 e. The van der Waals surface area contributed by atoms with E-state index in [9.17, 15) is 0 Å². The highest BCUT2D eigenvalue weighted by Gasteiger charge is 2.22. The van der Waals surface area contributed by atoms with E-state index in [1.807, 2.05) is 13.0 Å². The summed E-state index contributed by atoms with van der Waals surface area (Å²) in [7, 11) is 1.68. The number of nitrogens with one attached hydrogen (secondary N) is 1. The molecule has 0 amide bonds. The van der Waals surface area contributed by atoms with E-state index in [1.54, 1.807) is 7.11 Å². The van der Waals surface area contributed by atoms with Crippen LogP contribution in [0.25, 0.3) is 0 Å². The quantitative estimate of drug-likeness (QED) is 0.818. The smallest absolute Gasteiger partial charge is 0.161 e. The molecule has 1 fully saturated rings. The predicted octanol–water partition coefficient (Wildman–Crippen LogP) is 4.15. The summed E-state index contributed by atoms with van der Waals surface area (Å²) in [4.78, 5) is 0. The molecule has 0 heterocycles. The number of ether oxygens (including phenoxy) is 2. The summed E-state index contributed by atoms with van der Waals surface area (Å²) in [5, 5.41) is 3.75. The Kier molecular flexibility index (Phi) is 6.37. The Balaban J connectivity index is 1.97. The van der Waals surface area contributed by atoms with Crippen molar-refractivity contribution in [2.45, 2.75) is 58.5 Å². The summed E-state index contributed by atoms with van der Waals surface area (Å²) in [6, 6.07) is 6.89. The van der Waals surface area contributed by atoms with Crippen LogP contribution in [0, 0.1) is 5.92 Å². The third-order valence-electron chi connectivity index (χ3n) is 4.53. The minimum atomic E-state index is 0.660. The second-order valence-corrected chi connectivity index (χ2v) is 5.86. The maximum absolute atomic E-state index is 5.65. The molecule has 2 atom stereocenters. The Hall–Kier alpha value is -1.22. The van der Waals surface area contributed by atoms with Crippen LogP contribution >= 0.6 is 0 Å². The van der Waals surface area contributed by atoms with Crippen molar-refractivity contribution < 1.29 is 9.47 Å². The molecule has 2 unspecified atom stereocenters. The molecule has 3 nitrogen and oxygen atoms in total. The lowest BCUT2D eigenvalue weighted by molar-refractivity contribution is 0.254. The lowest BCUT2D eigenvalue weighted by Gasteiger charge is -2.31. The zero-order valence-electron chi connectivity index (χ0n) is 13.7. The van der Waals surface area contributed by atoms with Crippen molar-refractivity contribution in [1.29, 1.82) is 0 Å². The molecular formula is C18H29NO2. The third-order valence-corrected chi connectivity index (χ3v) is 4.53. The van der Waals surface area contributed by atoms with Gasteiger partial charge in [0.2, 0.25) is 0 Å². The lowest BCUT2D eigenvalue weighted by atomic mass is 9.83. The maximum atomic E-state index is 5.65. The molecule has 0 aromatic heterocycles. The van der Waals surface area contributed by atoms with Crippen LogP contribution in [-0.4, -0.2) is 19.8 Å². The van der Waals surface area contributed by atoms with Gasteiger partial charge in [-0.05, 0) is 43.4 Å². The summed E-state index contributed by atoms with van der Waals surface area (Å²) < 4.78 is 11.0. The zero-order chi connectivity index (χ0) is 15.1. The fourth-order valence-corrected chi connectivity index (χ4v) is 3.31. The van der Waals surface area contributed by atoms with Crippen molar-refractivity contribution in [2.24, 2.45) is 5.92 Å². The molecule has 21 heavy (non-hydrogen) atoms. The first kappa shape index (κ1) is 16.2. The molecule has 0 saturated heterocycles. The van der Waals surface area contributed by atoms with Gasteiger partial charge in [-0.25, -0.2) is 0 Å². The van der Waals surface area contributed by atoms with Gasteiger partial charge in [0.05, 0.1) is 13.7 Å². The van der Waals surface area contributed by atoms with Crippen LogP contribution in [0.15, 0.2) is 18.2 Å². The molecule has 3 heteroatoms. The zero-order valence-corrected chi connectivity index (χ0v) is 13.7. The average Bonchev–Trinajstić information content (AvgIpc) is 2.53. The molecule has 0 radical (unpaired) electrons. The SMILES string of the molecule is CCOc1cc(CNC2CCCCC2CC)ccc1OC. The molecule has 1 aliphatic carbocycles. The average molecular weight is 291 g/mol. The molecule has 118 valence electrons. The number of hydrogen-bond donors (Lipinski definition) is 1. The van der Waals surface area contributed by atoms with Gasteiger partial charge in [-0.3, -0.25) is 0 Å². The number of methoxy groups -OCH3 is 1. The highest BCUT2D eigenvalue weighted by atomic mass is 16.5. The van der Waals surface area contributed by atoms with Crippen LogP contribution in [0.3, 0.4) is 0 Å². The minimum absolute atomic E-state index is 0.660. The Labute approximate surface area is 129 Å². The molecular weight excluding hydrogens is 262 g/mol. The van der Waals surface area contributed by atoms with Crippen LogP contribution in [-0.2, 0) is 6.54 Å². The van der Waals surface area contributed by atoms with Crippen LogP contribution < -0.4 is 14.8 Å². The molecule has 0 bridgehead atoms. The van der Waals surface area contributed by atoms with Crippen LogP contribution in [0.4, 0.5) is 0 Å².